The average molecular weight is 781 g/mol. The summed E-state index contributed by atoms with van der Waals surface area (Å²) >= 11 is 0. The summed E-state index contributed by atoms with van der Waals surface area (Å²) in [5, 5.41) is 0. The molecule has 0 fully saturated rings. The molecule has 0 aromatic carbocycles. The van der Waals surface area contributed by atoms with Crippen molar-refractivity contribution in [1.82, 2.24) is 0 Å². The van der Waals surface area contributed by atoms with Crippen LogP contribution in [0.4, 0.5) is 65.9 Å². The summed E-state index contributed by atoms with van der Waals surface area (Å²) in [7, 11) is 0. The zero-order valence-electron chi connectivity index (χ0n) is 26.6. The Labute approximate surface area is 276 Å². The molecule has 24 heteroatoms. The number of alkyl halides is 15. The van der Waals surface area contributed by atoms with Gasteiger partial charge in [-0.2, -0.15) is 65.9 Å². The lowest BCUT2D eigenvalue weighted by Crippen LogP contribution is -2.41. The van der Waals surface area contributed by atoms with Crippen LogP contribution in [0.2, 0.25) is 0 Å². The Hall–Kier alpha value is -1.41. The second kappa shape index (κ2) is 22.6. The molecule has 9 nitrogen and oxygen atoms in total. The third-order valence-electron chi connectivity index (χ3n) is 5.68. The van der Waals surface area contributed by atoms with Crippen LogP contribution in [-0.2, 0) is 42.6 Å². The van der Waals surface area contributed by atoms with Gasteiger partial charge in [-0.15, -0.1) is 0 Å². The van der Waals surface area contributed by atoms with Crippen LogP contribution in [-0.4, -0.2) is 155 Å². The molecule has 302 valence electrons. The van der Waals surface area contributed by atoms with Gasteiger partial charge in [0.1, 0.15) is 19.8 Å². The minimum atomic E-state index is -5.76. The third-order valence-corrected chi connectivity index (χ3v) is 5.68. The first kappa shape index (κ1) is 48.6. The maximum absolute atomic E-state index is 12.8. The number of halogens is 15. The van der Waals surface area contributed by atoms with Gasteiger partial charge >= 0.3 is 36.3 Å². The van der Waals surface area contributed by atoms with E-state index in [9.17, 15) is 65.9 Å². The molecule has 0 aromatic rings. The van der Waals surface area contributed by atoms with Crippen LogP contribution in [0.1, 0.15) is 6.92 Å². The zero-order chi connectivity index (χ0) is 38.6. The molecule has 0 rings (SSSR count). The first-order valence-electron chi connectivity index (χ1n) is 14.4. The molecule has 0 aliphatic rings. The van der Waals surface area contributed by atoms with Gasteiger partial charge in [0.15, 0.2) is 0 Å². The number of hydrogen-bond donors (Lipinski definition) is 0. The molecule has 0 aliphatic carbocycles. The molecule has 0 atom stereocenters. The summed E-state index contributed by atoms with van der Waals surface area (Å²) in [6, 6.07) is 0. The van der Waals surface area contributed by atoms with E-state index in [0.29, 0.717) is 0 Å². The molecular weight excluding hydrogens is 741 g/mol. The number of hydrogen-bond acceptors (Lipinski definition) is 9. The van der Waals surface area contributed by atoms with E-state index >= 15 is 0 Å². The fraction of sp³-hybridized carbons (Fsp3) is 1.00. The van der Waals surface area contributed by atoms with Crippen LogP contribution in [0.25, 0.3) is 0 Å². The highest BCUT2D eigenvalue weighted by Gasteiger charge is 2.59. The molecule has 0 spiro atoms. The molecule has 0 N–H and O–H groups in total. The average Bonchev–Trinajstić information content (AvgIpc) is 2.96. The predicted octanol–water partition coefficient (Wildman–Crippen LogP) is 5.73. The summed E-state index contributed by atoms with van der Waals surface area (Å²) in [5.74, 6) is -15.1. The van der Waals surface area contributed by atoms with E-state index in [1.54, 1.807) is 6.92 Å². The maximum atomic E-state index is 12.8. The SMILES string of the molecule is CC(COCCOCCOCC(F)(F)C(F)(F)F)(COCCOCCOCC(F)(F)C(F)(F)F)COCCOCCOCC(F)(F)C(F)(F)F. The monoisotopic (exact) mass is 780 g/mol. The fourth-order valence-electron chi connectivity index (χ4n) is 2.94. The van der Waals surface area contributed by atoms with Crippen LogP contribution < -0.4 is 0 Å². The van der Waals surface area contributed by atoms with Gasteiger partial charge in [0.05, 0.1) is 99.1 Å². The topological polar surface area (TPSA) is 83.1 Å². The second-order valence-corrected chi connectivity index (χ2v) is 10.6. The van der Waals surface area contributed by atoms with Crippen molar-refractivity contribution < 1.29 is 108 Å². The van der Waals surface area contributed by atoms with Gasteiger partial charge in [0, 0.05) is 5.41 Å². The van der Waals surface area contributed by atoms with E-state index in [4.69, 9.17) is 28.4 Å². The van der Waals surface area contributed by atoms with Gasteiger partial charge in [-0.25, -0.2) is 0 Å². The van der Waals surface area contributed by atoms with Crippen LogP contribution in [0.3, 0.4) is 0 Å². The molecule has 0 aliphatic heterocycles. The first-order chi connectivity index (χ1) is 22.9. The fourth-order valence-corrected chi connectivity index (χ4v) is 2.94. The number of rotatable bonds is 30. The van der Waals surface area contributed by atoms with Crippen molar-refractivity contribution in [2.75, 3.05) is 119 Å². The smallest absolute Gasteiger partial charge is 0.378 e. The summed E-state index contributed by atoms with van der Waals surface area (Å²) in [5.41, 5.74) is -0.898. The standard InChI is InChI=1S/C26H39F15O9/c1-20(14-45-8-2-42-5-11-48-17-21(27,28)24(33,34)35,15-46-9-3-43-6-12-49-18-22(29,30)25(36,37)38)16-47-10-4-44-7-13-50-19-23(31,32)26(39,40)41/h2-19H2,1H3. The van der Waals surface area contributed by atoms with Crippen molar-refractivity contribution >= 4 is 0 Å². The van der Waals surface area contributed by atoms with Gasteiger partial charge in [0.25, 0.3) is 0 Å². The van der Waals surface area contributed by atoms with E-state index in [1.165, 1.54) is 0 Å². The first-order valence-corrected chi connectivity index (χ1v) is 14.4. The Kier molecular flexibility index (Phi) is 22.0. The molecule has 0 amide bonds. The second-order valence-electron chi connectivity index (χ2n) is 10.6. The molecule has 0 unspecified atom stereocenters. The Morgan fingerprint density at radius 2 is 0.420 bits per heavy atom. The van der Waals surface area contributed by atoms with E-state index in [-0.39, 0.29) is 79.3 Å². The minimum Gasteiger partial charge on any atom is -0.378 e. The molecule has 0 saturated heterocycles. The van der Waals surface area contributed by atoms with Gasteiger partial charge < -0.3 is 42.6 Å². The Morgan fingerprint density at radius 3 is 0.600 bits per heavy atom. The lowest BCUT2D eigenvalue weighted by atomic mass is 9.94. The van der Waals surface area contributed by atoms with Crippen LogP contribution in [0, 0.1) is 5.41 Å². The van der Waals surface area contributed by atoms with E-state index in [1.807, 2.05) is 0 Å². The summed E-state index contributed by atoms with van der Waals surface area (Å²) in [6.45, 7) is -7.46. The van der Waals surface area contributed by atoms with Crippen molar-refractivity contribution in [3.05, 3.63) is 0 Å². The maximum Gasteiger partial charge on any atom is 0.455 e. The van der Waals surface area contributed by atoms with Crippen molar-refractivity contribution in [2.45, 2.75) is 43.2 Å². The van der Waals surface area contributed by atoms with Gasteiger partial charge in [-0.1, -0.05) is 6.92 Å². The van der Waals surface area contributed by atoms with Gasteiger partial charge in [0.2, 0.25) is 0 Å². The summed E-state index contributed by atoms with van der Waals surface area (Å²) < 4.78 is 230. The number of ether oxygens (including phenoxy) is 9. The molecule has 0 saturated carbocycles. The van der Waals surface area contributed by atoms with Crippen molar-refractivity contribution in [3.8, 4) is 0 Å². The summed E-state index contributed by atoms with van der Waals surface area (Å²) in [6.07, 6.45) is -17.3. The van der Waals surface area contributed by atoms with Crippen LogP contribution >= 0.6 is 0 Å². The molecule has 0 bridgehead atoms. The third kappa shape index (κ3) is 21.2. The lowest BCUT2D eigenvalue weighted by Gasteiger charge is -2.29. The molecular formula is C26H39F15O9. The Bertz CT molecular complexity index is 766. The van der Waals surface area contributed by atoms with E-state index < -0.39 is 81.4 Å². The van der Waals surface area contributed by atoms with Crippen LogP contribution in [0.15, 0.2) is 0 Å². The van der Waals surface area contributed by atoms with Crippen molar-refractivity contribution in [1.29, 1.82) is 0 Å². The summed E-state index contributed by atoms with van der Waals surface area (Å²) in [4.78, 5) is 0. The van der Waals surface area contributed by atoms with Crippen molar-refractivity contribution in [3.63, 3.8) is 0 Å². The van der Waals surface area contributed by atoms with Gasteiger partial charge in [-0.3, -0.25) is 0 Å². The Balaban J connectivity index is 4.48. The highest BCUT2D eigenvalue weighted by atomic mass is 19.4. The molecule has 0 aromatic heterocycles. The highest BCUT2D eigenvalue weighted by molar-refractivity contribution is 4.76. The predicted molar refractivity (Wildman–Crippen MR) is 138 cm³/mol. The minimum absolute atomic E-state index is 0.0606. The zero-order valence-corrected chi connectivity index (χ0v) is 26.6. The van der Waals surface area contributed by atoms with E-state index in [0.717, 1.165) is 0 Å². The highest BCUT2D eigenvalue weighted by Crippen LogP contribution is 2.37. The molecule has 50 heavy (non-hydrogen) atoms. The Morgan fingerprint density at radius 1 is 0.260 bits per heavy atom. The normalized spacial score (nSPS) is 14.2. The molecule has 0 radical (unpaired) electrons. The van der Waals surface area contributed by atoms with Crippen LogP contribution in [0.5, 0.6) is 0 Å². The van der Waals surface area contributed by atoms with Gasteiger partial charge in [-0.05, 0) is 0 Å². The quantitative estimate of drug-likeness (QED) is 0.0671. The van der Waals surface area contributed by atoms with E-state index in [2.05, 4.69) is 14.2 Å². The largest absolute Gasteiger partial charge is 0.455 e. The molecule has 0 heterocycles. The lowest BCUT2D eigenvalue weighted by molar-refractivity contribution is -0.297. The van der Waals surface area contributed by atoms with Crippen molar-refractivity contribution in [2.24, 2.45) is 5.41 Å².